The van der Waals surface area contributed by atoms with Crippen LogP contribution in [0.15, 0.2) is 79.6 Å². The third-order valence-electron chi connectivity index (χ3n) is 31.0. The first-order valence-corrected chi connectivity index (χ1v) is 48.3. The summed E-state index contributed by atoms with van der Waals surface area (Å²) < 4.78 is 72.1. The highest BCUT2D eigenvalue weighted by Crippen LogP contribution is 2.65. The van der Waals surface area contributed by atoms with Gasteiger partial charge in [0.05, 0.1) is 123 Å². The fourth-order valence-electron chi connectivity index (χ4n) is 22.8. The molecule has 12 aromatic rings. The minimum atomic E-state index is -1.09. The van der Waals surface area contributed by atoms with E-state index in [-0.39, 0.29) is 65.5 Å². The third-order valence-corrected chi connectivity index (χ3v) is 32.6. The third kappa shape index (κ3) is 20.5. The Morgan fingerprint density at radius 2 is 0.775 bits per heavy atom. The number of fused-ring (bicyclic) bond motifs is 6. The Bertz CT molecular complexity index is 5860. The number of aromatic nitrogens is 12. The minimum Gasteiger partial charge on any atom is -0.388 e. The Hall–Kier alpha value is -7.15. The average Bonchev–Trinajstić information content (AvgIpc) is 1.58. The molecule has 0 aliphatic heterocycles. The first kappa shape index (κ1) is 99.3. The minimum absolute atomic E-state index is 0.0100. The molecule has 12 N–H and O–H groups in total. The predicted molar refractivity (Wildman–Crippen MR) is 508 cm³/mol. The van der Waals surface area contributed by atoms with Crippen LogP contribution in [0.25, 0.3) is 65.4 Å². The van der Waals surface area contributed by atoms with Crippen LogP contribution in [0.2, 0.25) is 30.1 Å². The first-order chi connectivity index (χ1) is 61.3. The second-order valence-corrected chi connectivity index (χ2v) is 42.4. The van der Waals surface area contributed by atoms with Crippen molar-refractivity contribution in [1.82, 2.24) is 61.2 Å². The van der Waals surface area contributed by atoms with Gasteiger partial charge < -0.3 is 30.6 Å². The lowest BCUT2D eigenvalue weighted by atomic mass is 9.47. The van der Waals surface area contributed by atoms with Gasteiger partial charge in [-0.2, -0.15) is 30.6 Å². The van der Waals surface area contributed by atoms with Gasteiger partial charge in [-0.25, -0.2) is 22.0 Å². The van der Waals surface area contributed by atoms with Crippen LogP contribution in [0.5, 0.6) is 0 Å². The summed E-state index contributed by atoms with van der Waals surface area (Å²) in [7, 11) is 0. The molecule has 7 aliphatic rings. The van der Waals surface area contributed by atoms with Crippen LogP contribution >= 0.6 is 69.6 Å². The van der Waals surface area contributed by atoms with Crippen molar-refractivity contribution in [2.75, 3.05) is 0 Å². The molecule has 6 atom stereocenters. The molecule has 29 heteroatoms. The maximum atomic E-state index is 14.8. The topological polar surface area (TPSA) is 293 Å². The number of rotatable bonds is 22. The second-order valence-electron chi connectivity index (χ2n) is 39.9. The molecule has 18 nitrogen and oxygen atoms in total. The lowest BCUT2D eigenvalue weighted by molar-refractivity contribution is -0.122. The zero-order valence-electron chi connectivity index (χ0n) is 75.6. The summed E-state index contributed by atoms with van der Waals surface area (Å²) >= 11 is 36.1. The number of aromatic amines is 6. The number of H-pyrrole nitrogens is 6. The maximum absolute atomic E-state index is 14.8. The van der Waals surface area contributed by atoms with E-state index in [1.165, 1.54) is 70.2 Å². The fraction of sp³-hybridized carbons (Fsp3) is 0.560. The molecule has 7 aliphatic carbocycles. The second kappa shape index (κ2) is 41.4. The van der Waals surface area contributed by atoms with Crippen LogP contribution in [0, 0.1) is 109 Å². The quantitative estimate of drug-likeness (QED) is 0.0171. The largest absolute Gasteiger partial charge is 0.388 e. The number of hydrogen-bond acceptors (Lipinski definition) is 12. The number of benzene rings is 6. The number of aliphatic hydroxyl groups excluding tert-OH is 6. The van der Waals surface area contributed by atoms with Crippen molar-refractivity contribution in [2.45, 2.75) is 286 Å². The molecule has 7 fully saturated rings. The van der Waals surface area contributed by atoms with Gasteiger partial charge in [-0.15, -0.1) is 12.3 Å². The zero-order valence-corrected chi connectivity index (χ0v) is 80.2. The van der Waals surface area contributed by atoms with Crippen molar-refractivity contribution in [3.05, 3.63) is 172 Å². The van der Waals surface area contributed by atoms with Gasteiger partial charge in [0, 0.05) is 87.2 Å². The number of aliphatic hydroxyl groups is 6. The molecule has 698 valence electrons. The van der Waals surface area contributed by atoms with Gasteiger partial charge in [0.15, 0.2) is 23.3 Å². The van der Waals surface area contributed by atoms with E-state index < -0.39 is 86.6 Å². The molecule has 6 aromatic heterocycles. The summed E-state index contributed by atoms with van der Waals surface area (Å²) in [5.41, 5.74) is 4.60. The highest BCUT2D eigenvalue weighted by Gasteiger charge is 2.56. The zero-order chi connectivity index (χ0) is 93.1. The molecular weight excluding hydrogens is 1770 g/mol. The van der Waals surface area contributed by atoms with Crippen LogP contribution in [0.3, 0.4) is 0 Å². The molecule has 7 saturated carbocycles. The van der Waals surface area contributed by atoms with E-state index in [0.29, 0.717) is 56.2 Å². The highest BCUT2D eigenvalue weighted by molar-refractivity contribution is 6.33. The van der Waals surface area contributed by atoms with E-state index >= 15 is 0 Å². The summed E-state index contributed by atoms with van der Waals surface area (Å²) in [6.45, 7) is 22.5. The predicted octanol–water partition coefficient (Wildman–Crippen LogP) is 28.3. The van der Waals surface area contributed by atoms with Crippen LogP contribution in [0.1, 0.15) is 320 Å². The normalized spacial score (nSPS) is 20.3. The Morgan fingerprint density at radius 1 is 0.419 bits per heavy atom. The molecule has 0 spiro atoms. The maximum Gasteiger partial charge on any atom is 0.155 e. The van der Waals surface area contributed by atoms with Crippen molar-refractivity contribution in [3.63, 3.8) is 0 Å². The molecule has 4 bridgehead atoms. The Kier molecular flexibility index (Phi) is 31.9. The molecule has 6 heterocycles. The molecule has 129 heavy (non-hydrogen) atoms. The van der Waals surface area contributed by atoms with Gasteiger partial charge >= 0.3 is 0 Å². The summed E-state index contributed by atoms with van der Waals surface area (Å²) in [5, 5.41) is 111. The monoisotopic (exact) mass is 1890 g/mol. The van der Waals surface area contributed by atoms with Gasteiger partial charge in [0.2, 0.25) is 0 Å². The van der Waals surface area contributed by atoms with Gasteiger partial charge in [-0.05, 0) is 202 Å². The van der Waals surface area contributed by atoms with E-state index in [1.807, 2.05) is 64.1 Å². The van der Waals surface area contributed by atoms with E-state index in [1.54, 1.807) is 30.9 Å². The summed E-state index contributed by atoms with van der Waals surface area (Å²) in [6.07, 6.45) is 39.4. The standard InChI is InChI=1S/C18H20ClFN2O.C18H25ClN2O.C17H21ClF2N2O.C17H21ClN2O.C16H19ClF2N2O.C14H19ClN2O/c19-13-4-12-8-21-22-16(12)14(15(13)20)17(23)18-5-9-1-10(6-18)3-11(2-9)7-18;1-18(2,10-12-6-4-3-5-7-12)17(22)15-9-14(19)8-13-11-20-21-16(13)15;1-17(2,9-6-4-3-5-7-9)16(23)11-14(20)12(18)13(19)10-8-21-22-15(10)11;1-4-7-8-17(5-2,6-3)16(21)14-10-13(18)9-12-11-19-20-15(12)14;1-16(2,8-5-3-4-6-8)15(22)10-13(19)11(17)12(18)9-7-20-21-14(9)10;1-4-14(3,5-2)13(18)11-7-10(15)6-9-8-16-17-12(9)11/h4,8-11,17,23H,1-3,5-7H2,(H,21,22);8-9,11-12,17,22H,3-7,10H2,1-2H3,(H,20,21);8-9,16,23H,3-7H2,1-2H3,(H,21,22);1,9-11,16,21H,5-8H2,2-3H3,(H,19,20);7-8,15,22H,3-6H2,1-2H3,(H,20,21);6-8,13,18H,4-5H2,1-3H3,(H,16,17). The van der Waals surface area contributed by atoms with Gasteiger partial charge in [0.1, 0.15) is 15.9 Å². The molecule has 0 radical (unpaired) electrons. The van der Waals surface area contributed by atoms with E-state index in [0.717, 1.165) is 170 Å². The van der Waals surface area contributed by atoms with Crippen molar-refractivity contribution < 1.29 is 52.6 Å². The van der Waals surface area contributed by atoms with E-state index in [2.05, 4.69) is 116 Å². The smallest absolute Gasteiger partial charge is 0.155 e. The number of nitrogens with zero attached hydrogens (tertiary/aromatic N) is 6. The Morgan fingerprint density at radius 3 is 1.17 bits per heavy atom. The number of terminal acetylenes is 1. The van der Waals surface area contributed by atoms with Crippen LogP contribution in [0.4, 0.5) is 22.0 Å². The molecule has 6 unspecified atom stereocenters. The first-order valence-electron chi connectivity index (χ1n) is 46.0. The lowest BCUT2D eigenvalue weighted by Crippen LogP contribution is -2.49. The van der Waals surface area contributed by atoms with Gasteiger partial charge in [-0.1, -0.05) is 210 Å². The van der Waals surface area contributed by atoms with Crippen molar-refractivity contribution in [3.8, 4) is 12.3 Å². The molecule has 0 saturated heterocycles. The highest BCUT2D eigenvalue weighted by atomic mass is 35.5. The summed E-state index contributed by atoms with van der Waals surface area (Å²) in [6, 6.07) is 12.7. The summed E-state index contributed by atoms with van der Waals surface area (Å²) in [5.74, 6) is 2.10. The van der Waals surface area contributed by atoms with Gasteiger partial charge in [0.25, 0.3) is 0 Å². The molecule has 0 amide bonds. The molecular formula is C100H125Cl6F5N12O6. The number of nitrogens with one attached hydrogen (secondary N) is 6. The molecule has 6 aromatic carbocycles. The summed E-state index contributed by atoms with van der Waals surface area (Å²) in [4.78, 5) is 0. The number of hydrogen-bond donors (Lipinski definition) is 12. The van der Waals surface area contributed by atoms with Crippen molar-refractivity contribution in [1.29, 1.82) is 0 Å². The van der Waals surface area contributed by atoms with E-state index in [4.69, 9.17) is 76.0 Å². The van der Waals surface area contributed by atoms with Gasteiger partial charge in [-0.3, -0.25) is 30.6 Å². The SMILES string of the molecule is C#CCCC(CC)(CC)C(O)c1cc(Cl)cc2cn[nH]c12.CC(C)(C1CCCC1)C(O)c1c(F)c(Cl)c(F)c2cn[nH]c12.CC(C)(C1CCCCC1)C(O)c1c(F)c(Cl)c(F)c2cn[nH]c12.CC(C)(CC1CCCCC1)C(O)c1cc(Cl)cc2cn[nH]c12.CCC(C)(CC)C(O)c1cc(Cl)cc2cn[nH]c12.OC(c1c(F)c(Cl)cc2cn[nH]c12)C12CC3CC(CC(C3)C1)C2. The van der Waals surface area contributed by atoms with Crippen LogP contribution in [-0.2, 0) is 0 Å². The Balaban J connectivity index is 0.000000132. The van der Waals surface area contributed by atoms with Crippen molar-refractivity contribution >= 4 is 135 Å². The average molecular weight is 1900 g/mol. The Labute approximate surface area is 782 Å². The van der Waals surface area contributed by atoms with Crippen molar-refractivity contribution in [2.24, 2.45) is 68.0 Å². The van der Waals surface area contributed by atoms with Crippen LogP contribution < -0.4 is 0 Å². The van der Waals surface area contributed by atoms with E-state index in [9.17, 15) is 52.6 Å². The fourth-order valence-corrected chi connectivity index (χ4v) is 24.1. The van der Waals surface area contributed by atoms with Crippen LogP contribution in [-0.4, -0.2) is 91.8 Å². The lowest BCUT2D eigenvalue weighted by Gasteiger charge is -2.58. The number of halogens is 11. The molecule has 19 rings (SSSR count).